The molecule has 2 aromatic rings. The summed E-state index contributed by atoms with van der Waals surface area (Å²) in [6, 6.07) is 5.49. The zero-order chi connectivity index (χ0) is 14.0. The van der Waals surface area contributed by atoms with Crippen LogP contribution in [0.3, 0.4) is 0 Å². The highest BCUT2D eigenvalue weighted by Gasteiger charge is 2.15. The molecule has 1 N–H and O–H groups in total. The number of rotatable bonds is 4. The summed E-state index contributed by atoms with van der Waals surface area (Å²) in [4.78, 5) is 0. The van der Waals surface area contributed by atoms with Crippen molar-refractivity contribution in [2.24, 2.45) is 0 Å². The third kappa shape index (κ3) is 2.84. The third-order valence-corrected chi connectivity index (χ3v) is 3.25. The van der Waals surface area contributed by atoms with E-state index in [0.29, 0.717) is 5.56 Å². The molecule has 1 aromatic carbocycles. The lowest BCUT2D eigenvalue weighted by molar-refractivity contribution is 0.575. The highest BCUT2D eigenvalue weighted by Crippen LogP contribution is 2.25. The van der Waals surface area contributed by atoms with E-state index in [1.807, 2.05) is 43.8 Å². The maximum atomic E-state index is 13.8. The van der Waals surface area contributed by atoms with Crippen LogP contribution < -0.4 is 5.32 Å². The minimum atomic E-state index is -0.174. The number of aryl methyl sites for hydroxylation is 2. The van der Waals surface area contributed by atoms with Crippen molar-refractivity contribution in [2.75, 3.05) is 6.54 Å². The average molecular weight is 261 g/mol. The Bertz CT molecular complexity index is 575. The summed E-state index contributed by atoms with van der Waals surface area (Å²) in [7, 11) is 0. The summed E-state index contributed by atoms with van der Waals surface area (Å²) in [5, 5.41) is 7.74. The van der Waals surface area contributed by atoms with Crippen LogP contribution in [0.25, 0.3) is 5.69 Å². The predicted octanol–water partition coefficient (Wildman–Crippen LogP) is 3.30. The Hall–Kier alpha value is -1.68. The summed E-state index contributed by atoms with van der Waals surface area (Å²) in [6.07, 6.45) is 1.91. The van der Waals surface area contributed by atoms with Gasteiger partial charge in [0.15, 0.2) is 0 Å². The summed E-state index contributed by atoms with van der Waals surface area (Å²) in [5.41, 5.74) is 3.44. The van der Waals surface area contributed by atoms with Crippen LogP contribution in [-0.2, 0) is 0 Å². The fraction of sp³-hybridized carbons (Fsp3) is 0.400. The number of nitrogens with zero attached hydrogens (tertiary/aromatic N) is 2. The van der Waals surface area contributed by atoms with Gasteiger partial charge in [-0.25, -0.2) is 9.07 Å². The second-order valence-corrected chi connectivity index (χ2v) is 4.84. The molecule has 1 heterocycles. The molecule has 0 fully saturated rings. The molecule has 3 nitrogen and oxygen atoms in total. The molecule has 0 bridgehead atoms. The second kappa shape index (κ2) is 5.53. The smallest absolute Gasteiger partial charge is 0.126 e. The normalized spacial score (nSPS) is 12.7. The highest BCUT2D eigenvalue weighted by atomic mass is 19.1. The minimum absolute atomic E-state index is 0.0830. The molecule has 0 aliphatic carbocycles. The van der Waals surface area contributed by atoms with E-state index in [-0.39, 0.29) is 11.9 Å². The zero-order valence-corrected chi connectivity index (χ0v) is 11.9. The van der Waals surface area contributed by atoms with Gasteiger partial charge in [-0.3, -0.25) is 0 Å². The van der Waals surface area contributed by atoms with Gasteiger partial charge in [-0.15, -0.1) is 0 Å². The van der Waals surface area contributed by atoms with Gasteiger partial charge in [0.2, 0.25) is 0 Å². The fourth-order valence-electron chi connectivity index (χ4n) is 2.19. The van der Waals surface area contributed by atoms with Crippen molar-refractivity contribution in [3.05, 3.63) is 47.0 Å². The summed E-state index contributed by atoms with van der Waals surface area (Å²) >= 11 is 0. The first-order chi connectivity index (χ1) is 9.02. The lowest BCUT2D eigenvalue weighted by Crippen LogP contribution is -2.20. The maximum Gasteiger partial charge on any atom is 0.126 e. The Morgan fingerprint density at radius 3 is 2.68 bits per heavy atom. The first kappa shape index (κ1) is 13.7. The quantitative estimate of drug-likeness (QED) is 0.915. The van der Waals surface area contributed by atoms with E-state index >= 15 is 0 Å². The van der Waals surface area contributed by atoms with Crippen molar-refractivity contribution >= 4 is 0 Å². The van der Waals surface area contributed by atoms with Crippen molar-refractivity contribution in [1.82, 2.24) is 15.1 Å². The van der Waals surface area contributed by atoms with E-state index in [9.17, 15) is 4.39 Å². The van der Waals surface area contributed by atoms with Crippen LogP contribution in [0.2, 0.25) is 0 Å². The summed E-state index contributed by atoms with van der Waals surface area (Å²) in [5.74, 6) is -0.174. The molecule has 0 saturated heterocycles. The molecule has 1 atom stereocenters. The molecule has 2 rings (SSSR count). The Morgan fingerprint density at radius 2 is 2.11 bits per heavy atom. The number of halogens is 1. The van der Waals surface area contributed by atoms with E-state index in [0.717, 1.165) is 23.5 Å². The van der Waals surface area contributed by atoms with E-state index in [1.54, 1.807) is 13.0 Å². The Kier molecular flexibility index (Phi) is 4.00. The second-order valence-electron chi connectivity index (χ2n) is 4.84. The third-order valence-electron chi connectivity index (χ3n) is 3.25. The molecule has 102 valence electrons. The van der Waals surface area contributed by atoms with Crippen LogP contribution in [0.15, 0.2) is 24.4 Å². The molecule has 0 spiro atoms. The number of hydrogen-bond donors (Lipinski definition) is 1. The monoisotopic (exact) mass is 261 g/mol. The van der Waals surface area contributed by atoms with Crippen molar-refractivity contribution in [2.45, 2.75) is 33.7 Å². The highest BCUT2D eigenvalue weighted by molar-refractivity contribution is 5.45. The van der Waals surface area contributed by atoms with Crippen LogP contribution in [-0.4, -0.2) is 16.3 Å². The minimum Gasteiger partial charge on any atom is -0.310 e. The first-order valence-electron chi connectivity index (χ1n) is 6.59. The van der Waals surface area contributed by atoms with Crippen molar-refractivity contribution in [1.29, 1.82) is 0 Å². The van der Waals surface area contributed by atoms with E-state index in [4.69, 9.17) is 0 Å². The number of aromatic nitrogens is 2. The van der Waals surface area contributed by atoms with Gasteiger partial charge in [0, 0.05) is 12.2 Å². The molecule has 0 radical (unpaired) electrons. The van der Waals surface area contributed by atoms with Crippen molar-refractivity contribution < 1.29 is 4.39 Å². The maximum absolute atomic E-state index is 13.8. The largest absolute Gasteiger partial charge is 0.310 e. The van der Waals surface area contributed by atoms with Gasteiger partial charge in [-0.2, -0.15) is 5.10 Å². The predicted molar refractivity (Wildman–Crippen MR) is 75.1 cm³/mol. The standard InChI is InChI=1S/C15H20FN3/c1-5-17-12(4)13-9-14(16)10(2)8-15(13)19-7-6-11(3)18-19/h6-9,12,17H,5H2,1-4H3. The first-order valence-corrected chi connectivity index (χ1v) is 6.59. The van der Waals surface area contributed by atoms with E-state index in [2.05, 4.69) is 10.4 Å². The lowest BCUT2D eigenvalue weighted by Gasteiger charge is -2.18. The van der Waals surface area contributed by atoms with Gasteiger partial charge < -0.3 is 5.32 Å². The van der Waals surface area contributed by atoms with E-state index < -0.39 is 0 Å². The fourth-order valence-corrected chi connectivity index (χ4v) is 2.19. The molecular formula is C15H20FN3. The number of hydrogen-bond acceptors (Lipinski definition) is 2. The van der Waals surface area contributed by atoms with Gasteiger partial charge in [-0.05, 0) is 56.6 Å². The number of nitrogens with one attached hydrogen (secondary N) is 1. The Balaban J connectivity index is 2.54. The van der Waals surface area contributed by atoms with Gasteiger partial charge in [-0.1, -0.05) is 6.92 Å². The van der Waals surface area contributed by atoms with Crippen molar-refractivity contribution in [3.63, 3.8) is 0 Å². The summed E-state index contributed by atoms with van der Waals surface area (Å²) in [6.45, 7) is 8.64. The number of benzene rings is 1. The van der Waals surface area contributed by atoms with Gasteiger partial charge >= 0.3 is 0 Å². The van der Waals surface area contributed by atoms with Gasteiger partial charge in [0.05, 0.1) is 11.4 Å². The molecule has 0 saturated carbocycles. The molecule has 0 aliphatic rings. The molecule has 0 amide bonds. The molecule has 19 heavy (non-hydrogen) atoms. The Morgan fingerprint density at radius 1 is 1.37 bits per heavy atom. The molecule has 0 aliphatic heterocycles. The molecule has 1 aromatic heterocycles. The van der Waals surface area contributed by atoms with E-state index in [1.165, 1.54) is 0 Å². The SMILES string of the molecule is CCNC(C)c1cc(F)c(C)cc1-n1ccc(C)n1. The summed E-state index contributed by atoms with van der Waals surface area (Å²) < 4.78 is 15.6. The van der Waals surface area contributed by atoms with Crippen LogP contribution in [0.1, 0.15) is 36.7 Å². The molecular weight excluding hydrogens is 241 g/mol. The van der Waals surface area contributed by atoms with Crippen LogP contribution >= 0.6 is 0 Å². The van der Waals surface area contributed by atoms with Gasteiger partial charge in [0.1, 0.15) is 5.82 Å². The molecule has 1 unspecified atom stereocenters. The van der Waals surface area contributed by atoms with Gasteiger partial charge in [0.25, 0.3) is 0 Å². The van der Waals surface area contributed by atoms with Crippen LogP contribution in [0.5, 0.6) is 0 Å². The Labute approximate surface area is 113 Å². The molecule has 4 heteroatoms. The average Bonchev–Trinajstić information content (AvgIpc) is 2.79. The van der Waals surface area contributed by atoms with Crippen LogP contribution in [0.4, 0.5) is 4.39 Å². The topological polar surface area (TPSA) is 29.9 Å². The van der Waals surface area contributed by atoms with Crippen molar-refractivity contribution in [3.8, 4) is 5.69 Å². The zero-order valence-electron chi connectivity index (χ0n) is 11.9. The van der Waals surface area contributed by atoms with Crippen LogP contribution in [0, 0.1) is 19.7 Å². The lowest BCUT2D eigenvalue weighted by atomic mass is 10.0.